The van der Waals surface area contributed by atoms with Crippen LogP contribution in [-0.2, 0) is 16.4 Å². The summed E-state index contributed by atoms with van der Waals surface area (Å²) in [7, 11) is -3.78. The summed E-state index contributed by atoms with van der Waals surface area (Å²) in [5, 5.41) is 6.42. The lowest BCUT2D eigenvalue weighted by Gasteiger charge is -2.06. The Morgan fingerprint density at radius 3 is 2.45 bits per heavy atom. The summed E-state index contributed by atoms with van der Waals surface area (Å²) in [6.07, 6.45) is 1.99. The highest BCUT2D eigenvalue weighted by atomic mass is 32.2. The first kappa shape index (κ1) is 19.5. The van der Waals surface area contributed by atoms with Crippen molar-refractivity contribution in [2.24, 2.45) is 0 Å². The lowest BCUT2D eigenvalue weighted by atomic mass is 10.1. The lowest BCUT2D eigenvalue weighted by Crippen LogP contribution is -2.26. The van der Waals surface area contributed by atoms with Gasteiger partial charge in [0.25, 0.3) is 0 Å². The van der Waals surface area contributed by atoms with Crippen LogP contribution in [-0.4, -0.2) is 24.7 Å². The van der Waals surface area contributed by atoms with Gasteiger partial charge in [-0.2, -0.15) is 5.10 Å². The average molecular weight is 428 g/mol. The zero-order valence-electron chi connectivity index (χ0n) is 15.3. The highest BCUT2D eigenvalue weighted by Gasteiger charge is 2.24. The molecule has 0 aliphatic carbocycles. The Kier molecular flexibility index (Phi) is 5.57. The van der Waals surface area contributed by atoms with E-state index in [1.807, 2.05) is 47.8 Å². The van der Waals surface area contributed by atoms with Gasteiger partial charge in [0.15, 0.2) is 0 Å². The maximum absolute atomic E-state index is 13.0. The molecule has 4 rings (SSSR count). The second-order valence-corrected chi connectivity index (χ2v) is 9.06. The topological polar surface area (TPSA) is 64.0 Å². The zero-order valence-corrected chi connectivity index (χ0v) is 17.0. The van der Waals surface area contributed by atoms with Crippen LogP contribution in [0.3, 0.4) is 0 Å². The van der Waals surface area contributed by atoms with Gasteiger partial charge in [0.2, 0.25) is 10.0 Å². The Hall–Kier alpha value is -2.81. The van der Waals surface area contributed by atoms with Gasteiger partial charge in [0.1, 0.15) is 16.4 Å². The van der Waals surface area contributed by atoms with Crippen molar-refractivity contribution >= 4 is 21.4 Å². The number of rotatable bonds is 7. The summed E-state index contributed by atoms with van der Waals surface area (Å²) in [6.45, 7) is 0.203. The van der Waals surface area contributed by atoms with Gasteiger partial charge in [-0.05, 0) is 47.7 Å². The minimum Gasteiger partial charge on any atom is -0.239 e. The van der Waals surface area contributed by atoms with Gasteiger partial charge in [0.05, 0.1) is 16.8 Å². The van der Waals surface area contributed by atoms with E-state index in [4.69, 9.17) is 0 Å². The van der Waals surface area contributed by atoms with Crippen LogP contribution in [0.1, 0.15) is 5.56 Å². The molecule has 2 heterocycles. The molecule has 1 N–H and O–H groups in total. The van der Waals surface area contributed by atoms with Gasteiger partial charge in [-0.15, -0.1) is 11.3 Å². The number of nitrogens with zero attached hydrogens (tertiary/aromatic N) is 2. The van der Waals surface area contributed by atoms with Gasteiger partial charge in [-0.1, -0.05) is 36.4 Å². The van der Waals surface area contributed by atoms with Gasteiger partial charge in [-0.3, -0.25) is 0 Å². The number of aromatic nitrogens is 2. The summed E-state index contributed by atoms with van der Waals surface area (Å²) < 4.78 is 43.3. The largest absolute Gasteiger partial charge is 0.244 e. The van der Waals surface area contributed by atoms with E-state index in [9.17, 15) is 12.8 Å². The van der Waals surface area contributed by atoms with E-state index in [1.54, 1.807) is 16.8 Å². The van der Waals surface area contributed by atoms with Crippen LogP contribution >= 0.6 is 11.3 Å². The van der Waals surface area contributed by atoms with E-state index < -0.39 is 10.0 Å². The fourth-order valence-electron chi connectivity index (χ4n) is 2.91. The number of halogens is 1. The Morgan fingerprint density at radius 2 is 1.76 bits per heavy atom. The number of nitrogens with one attached hydrogen (secondary N) is 1. The highest BCUT2D eigenvalue weighted by Crippen LogP contribution is 2.30. The molecule has 0 fully saturated rings. The molecule has 0 aliphatic rings. The van der Waals surface area contributed by atoms with Crippen LogP contribution in [0.4, 0.5) is 4.39 Å². The summed E-state index contributed by atoms with van der Waals surface area (Å²) in [5.41, 5.74) is 2.05. The second kappa shape index (κ2) is 8.28. The predicted molar refractivity (Wildman–Crippen MR) is 112 cm³/mol. The van der Waals surface area contributed by atoms with E-state index in [2.05, 4.69) is 9.82 Å². The molecule has 0 spiro atoms. The van der Waals surface area contributed by atoms with Crippen LogP contribution in [0.25, 0.3) is 16.3 Å². The van der Waals surface area contributed by atoms with Crippen molar-refractivity contribution in [3.63, 3.8) is 0 Å². The first-order valence-corrected chi connectivity index (χ1v) is 11.3. The smallest absolute Gasteiger partial charge is 0.239 e. The molecular formula is C21H18FN3O2S2. The highest BCUT2D eigenvalue weighted by molar-refractivity contribution is 7.89. The van der Waals surface area contributed by atoms with Crippen LogP contribution in [0.5, 0.6) is 0 Å². The molecule has 0 amide bonds. The van der Waals surface area contributed by atoms with Crippen LogP contribution in [0, 0.1) is 5.82 Å². The minimum atomic E-state index is -3.78. The Labute approximate surface area is 172 Å². The Balaban J connectivity index is 1.61. The molecule has 0 radical (unpaired) electrons. The standard InChI is InChI=1S/C21H18FN3O2S2/c22-17-10-8-16(9-11-17)12-13-23-29(26,27)20-15-25(18-5-2-1-3-6-18)24-21(20)19-7-4-14-28-19/h1-11,14-15,23H,12-13H2. The van der Waals surface area contributed by atoms with Crippen molar-refractivity contribution in [1.82, 2.24) is 14.5 Å². The molecule has 148 valence electrons. The fourth-order valence-corrected chi connectivity index (χ4v) is 4.87. The van der Waals surface area contributed by atoms with Crippen molar-refractivity contribution in [3.05, 3.63) is 89.7 Å². The van der Waals surface area contributed by atoms with Gasteiger partial charge < -0.3 is 0 Å². The molecule has 4 aromatic rings. The quantitative estimate of drug-likeness (QED) is 0.479. The normalized spacial score (nSPS) is 11.6. The predicted octanol–water partition coefficient (Wildman–Crippen LogP) is 4.26. The summed E-state index contributed by atoms with van der Waals surface area (Å²) in [6, 6.07) is 19.1. The van der Waals surface area contributed by atoms with Crippen molar-refractivity contribution in [2.75, 3.05) is 6.54 Å². The van der Waals surface area contributed by atoms with E-state index >= 15 is 0 Å². The maximum atomic E-state index is 13.0. The van der Waals surface area contributed by atoms with Crippen molar-refractivity contribution in [3.8, 4) is 16.3 Å². The van der Waals surface area contributed by atoms with Gasteiger partial charge in [0, 0.05) is 6.54 Å². The number of hydrogen-bond acceptors (Lipinski definition) is 4. The Bertz CT molecular complexity index is 1190. The first-order chi connectivity index (χ1) is 14.0. The average Bonchev–Trinajstić information content (AvgIpc) is 3.40. The lowest BCUT2D eigenvalue weighted by molar-refractivity contribution is 0.581. The molecule has 8 heteroatoms. The van der Waals surface area contributed by atoms with E-state index in [0.717, 1.165) is 16.1 Å². The molecule has 0 bridgehead atoms. The van der Waals surface area contributed by atoms with Crippen molar-refractivity contribution in [2.45, 2.75) is 11.3 Å². The van der Waals surface area contributed by atoms with Crippen molar-refractivity contribution < 1.29 is 12.8 Å². The molecule has 0 saturated heterocycles. The molecule has 0 unspecified atom stereocenters. The second-order valence-electron chi connectivity index (χ2n) is 6.37. The SMILES string of the molecule is O=S(=O)(NCCc1ccc(F)cc1)c1cn(-c2ccccc2)nc1-c1cccs1. The Morgan fingerprint density at radius 1 is 1.00 bits per heavy atom. The van der Waals surface area contributed by atoms with E-state index in [-0.39, 0.29) is 17.3 Å². The summed E-state index contributed by atoms with van der Waals surface area (Å²) in [4.78, 5) is 0.904. The van der Waals surface area contributed by atoms with Crippen LogP contribution in [0.2, 0.25) is 0 Å². The summed E-state index contributed by atoms with van der Waals surface area (Å²) in [5.74, 6) is -0.316. The van der Waals surface area contributed by atoms with E-state index in [1.165, 1.54) is 29.7 Å². The number of thiophene rings is 1. The van der Waals surface area contributed by atoms with E-state index in [0.29, 0.717) is 12.1 Å². The molecule has 0 atom stereocenters. The van der Waals surface area contributed by atoms with Crippen LogP contribution < -0.4 is 4.72 Å². The third kappa shape index (κ3) is 4.45. The fraction of sp³-hybridized carbons (Fsp3) is 0.0952. The summed E-state index contributed by atoms with van der Waals surface area (Å²) >= 11 is 1.43. The molecule has 29 heavy (non-hydrogen) atoms. The molecule has 2 aromatic heterocycles. The molecular weight excluding hydrogens is 409 g/mol. The zero-order chi connectivity index (χ0) is 20.3. The number of benzene rings is 2. The third-order valence-electron chi connectivity index (χ3n) is 4.36. The minimum absolute atomic E-state index is 0.128. The number of hydrogen-bond donors (Lipinski definition) is 1. The van der Waals surface area contributed by atoms with Gasteiger partial charge >= 0.3 is 0 Å². The van der Waals surface area contributed by atoms with Crippen LogP contribution in [0.15, 0.2) is 83.2 Å². The van der Waals surface area contributed by atoms with Gasteiger partial charge in [-0.25, -0.2) is 22.2 Å². The molecule has 5 nitrogen and oxygen atoms in total. The molecule has 0 saturated carbocycles. The maximum Gasteiger partial charge on any atom is 0.244 e. The van der Waals surface area contributed by atoms with Crippen molar-refractivity contribution in [1.29, 1.82) is 0 Å². The first-order valence-electron chi connectivity index (χ1n) is 8.96. The number of sulfonamides is 1. The number of para-hydroxylation sites is 1. The molecule has 0 aliphatic heterocycles. The third-order valence-corrected chi connectivity index (χ3v) is 6.70. The molecule has 2 aromatic carbocycles. The monoisotopic (exact) mass is 427 g/mol.